The van der Waals surface area contributed by atoms with Crippen LogP contribution in [-0.2, 0) is 6.54 Å². The van der Waals surface area contributed by atoms with Crippen LogP contribution in [0, 0.1) is 19.8 Å². The van der Waals surface area contributed by atoms with Crippen molar-refractivity contribution >= 4 is 22.9 Å². The molecule has 1 aromatic carbocycles. The van der Waals surface area contributed by atoms with Gasteiger partial charge < -0.3 is 10.2 Å². The van der Waals surface area contributed by atoms with E-state index in [0.29, 0.717) is 12.2 Å². The van der Waals surface area contributed by atoms with Crippen LogP contribution in [0.4, 0.5) is 5.69 Å². The predicted molar refractivity (Wildman–Crippen MR) is 99.8 cm³/mol. The van der Waals surface area contributed by atoms with E-state index in [4.69, 9.17) is 0 Å². The van der Waals surface area contributed by atoms with Gasteiger partial charge in [0.1, 0.15) is 5.69 Å². The lowest BCUT2D eigenvalue weighted by Gasteiger charge is -2.32. The van der Waals surface area contributed by atoms with Gasteiger partial charge in [0.25, 0.3) is 5.91 Å². The van der Waals surface area contributed by atoms with E-state index in [1.165, 1.54) is 18.5 Å². The summed E-state index contributed by atoms with van der Waals surface area (Å²) in [6, 6.07) is 8.54. The van der Waals surface area contributed by atoms with Crippen molar-refractivity contribution in [2.24, 2.45) is 5.92 Å². The fourth-order valence-electron chi connectivity index (χ4n) is 3.25. The number of aromatic nitrogens is 1. The standard InChI is InChI=1S/C19H25N3OS/c1-13-5-4-10-22(12-13)17-8-6-16(7-9-17)11-20-19(23)18-14(2)24-15(3)21-18/h6-9,13H,4-5,10-12H2,1-3H3,(H,20,23). The fraction of sp³-hybridized carbons (Fsp3) is 0.474. The fourth-order valence-corrected chi connectivity index (χ4v) is 4.07. The third-order valence-corrected chi connectivity index (χ3v) is 5.42. The molecule has 1 fully saturated rings. The molecule has 1 aliphatic heterocycles. The topological polar surface area (TPSA) is 45.2 Å². The molecule has 1 aliphatic rings. The van der Waals surface area contributed by atoms with Gasteiger partial charge in [-0.3, -0.25) is 4.79 Å². The molecule has 2 heterocycles. The highest BCUT2D eigenvalue weighted by molar-refractivity contribution is 7.11. The molecule has 0 aliphatic carbocycles. The van der Waals surface area contributed by atoms with Crippen LogP contribution in [-0.4, -0.2) is 24.0 Å². The van der Waals surface area contributed by atoms with Gasteiger partial charge >= 0.3 is 0 Å². The van der Waals surface area contributed by atoms with E-state index < -0.39 is 0 Å². The van der Waals surface area contributed by atoms with Crippen molar-refractivity contribution in [2.45, 2.75) is 40.2 Å². The van der Waals surface area contributed by atoms with Gasteiger partial charge in [0.05, 0.1) is 5.01 Å². The Balaban J connectivity index is 1.58. The zero-order chi connectivity index (χ0) is 17.1. The molecule has 1 unspecified atom stereocenters. The van der Waals surface area contributed by atoms with Crippen LogP contribution in [0.15, 0.2) is 24.3 Å². The Morgan fingerprint density at radius 3 is 2.71 bits per heavy atom. The zero-order valence-corrected chi connectivity index (χ0v) is 15.4. The first kappa shape index (κ1) is 17.0. The molecule has 1 amide bonds. The maximum Gasteiger partial charge on any atom is 0.271 e. The van der Waals surface area contributed by atoms with Crippen molar-refractivity contribution in [1.29, 1.82) is 0 Å². The van der Waals surface area contributed by atoms with E-state index in [2.05, 4.69) is 46.4 Å². The maximum absolute atomic E-state index is 12.2. The van der Waals surface area contributed by atoms with Gasteiger partial charge in [0, 0.05) is 30.2 Å². The molecule has 128 valence electrons. The van der Waals surface area contributed by atoms with Gasteiger partial charge in [0.2, 0.25) is 0 Å². The molecule has 1 N–H and O–H groups in total. The number of rotatable bonds is 4. The van der Waals surface area contributed by atoms with Crippen LogP contribution in [0.5, 0.6) is 0 Å². The van der Waals surface area contributed by atoms with Crippen LogP contribution in [0.1, 0.15) is 45.7 Å². The first-order valence-corrected chi connectivity index (χ1v) is 9.40. The van der Waals surface area contributed by atoms with Crippen LogP contribution in [0.25, 0.3) is 0 Å². The Kier molecular flexibility index (Phi) is 5.19. The average molecular weight is 343 g/mol. The molecule has 1 saturated heterocycles. The number of nitrogens with zero attached hydrogens (tertiary/aromatic N) is 2. The number of carbonyl (C=O) groups excluding carboxylic acids is 1. The highest BCUT2D eigenvalue weighted by atomic mass is 32.1. The Bertz CT molecular complexity index is 708. The second-order valence-corrected chi connectivity index (χ2v) is 8.09. The number of amides is 1. The Hall–Kier alpha value is -1.88. The number of carbonyl (C=O) groups is 1. The molecule has 3 rings (SSSR count). The van der Waals surface area contributed by atoms with Crippen molar-refractivity contribution in [3.05, 3.63) is 45.4 Å². The lowest BCUT2D eigenvalue weighted by Crippen LogP contribution is -2.34. The number of thiazole rings is 1. The van der Waals surface area contributed by atoms with E-state index in [1.807, 2.05) is 13.8 Å². The van der Waals surface area contributed by atoms with Crippen LogP contribution in [0.3, 0.4) is 0 Å². The second kappa shape index (κ2) is 7.34. The van der Waals surface area contributed by atoms with E-state index in [0.717, 1.165) is 34.5 Å². The average Bonchev–Trinajstić information content (AvgIpc) is 2.91. The first-order chi connectivity index (χ1) is 11.5. The van der Waals surface area contributed by atoms with E-state index in [-0.39, 0.29) is 5.91 Å². The number of hydrogen-bond donors (Lipinski definition) is 1. The third kappa shape index (κ3) is 3.96. The summed E-state index contributed by atoms with van der Waals surface area (Å²) in [7, 11) is 0. The molecule has 2 aromatic rings. The van der Waals surface area contributed by atoms with Gasteiger partial charge in [-0.1, -0.05) is 19.1 Å². The summed E-state index contributed by atoms with van der Waals surface area (Å²) in [5, 5.41) is 3.90. The summed E-state index contributed by atoms with van der Waals surface area (Å²) >= 11 is 1.56. The quantitative estimate of drug-likeness (QED) is 0.915. The highest BCUT2D eigenvalue weighted by Gasteiger charge is 2.17. The monoisotopic (exact) mass is 343 g/mol. The molecule has 1 atom stereocenters. The molecule has 5 heteroatoms. The van der Waals surface area contributed by atoms with Gasteiger partial charge in [-0.25, -0.2) is 4.98 Å². The summed E-state index contributed by atoms with van der Waals surface area (Å²) in [5.74, 6) is 0.674. The summed E-state index contributed by atoms with van der Waals surface area (Å²) in [6.07, 6.45) is 2.60. The highest BCUT2D eigenvalue weighted by Crippen LogP contribution is 2.23. The number of benzene rings is 1. The molecular formula is C19H25N3OS. The van der Waals surface area contributed by atoms with Crippen molar-refractivity contribution in [1.82, 2.24) is 10.3 Å². The minimum atomic E-state index is -0.0919. The lowest BCUT2D eigenvalue weighted by molar-refractivity contribution is 0.0946. The molecule has 0 spiro atoms. The van der Waals surface area contributed by atoms with Gasteiger partial charge in [-0.05, 0) is 50.3 Å². The first-order valence-electron chi connectivity index (χ1n) is 8.59. The number of aryl methyl sites for hydroxylation is 2. The number of piperidine rings is 1. The van der Waals surface area contributed by atoms with Gasteiger partial charge in [-0.15, -0.1) is 11.3 Å². The third-order valence-electron chi connectivity index (χ3n) is 4.53. The summed E-state index contributed by atoms with van der Waals surface area (Å²) in [5.41, 5.74) is 2.95. The Morgan fingerprint density at radius 2 is 2.08 bits per heavy atom. The van der Waals surface area contributed by atoms with E-state index in [9.17, 15) is 4.79 Å². The molecule has 1 aromatic heterocycles. The van der Waals surface area contributed by atoms with Crippen molar-refractivity contribution in [3.8, 4) is 0 Å². The van der Waals surface area contributed by atoms with E-state index in [1.54, 1.807) is 11.3 Å². The molecule has 4 nitrogen and oxygen atoms in total. The van der Waals surface area contributed by atoms with Gasteiger partial charge in [0.15, 0.2) is 0 Å². The minimum absolute atomic E-state index is 0.0919. The summed E-state index contributed by atoms with van der Waals surface area (Å²) in [6.45, 7) is 8.99. The van der Waals surface area contributed by atoms with E-state index >= 15 is 0 Å². The summed E-state index contributed by atoms with van der Waals surface area (Å²) in [4.78, 5) is 20.0. The SMILES string of the molecule is Cc1nc(C(=O)NCc2ccc(N3CCCC(C)C3)cc2)c(C)s1. The van der Waals surface area contributed by atoms with Crippen molar-refractivity contribution in [3.63, 3.8) is 0 Å². The number of anilines is 1. The molecule has 24 heavy (non-hydrogen) atoms. The molecule has 0 radical (unpaired) electrons. The van der Waals surface area contributed by atoms with Crippen molar-refractivity contribution in [2.75, 3.05) is 18.0 Å². The maximum atomic E-state index is 12.2. The number of nitrogens with one attached hydrogen (secondary N) is 1. The van der Waals surface area contributed by atoms with Crippen LogP contribution < -0.4 is 10.2 Å². The van der Waals surface area contributed by atoms with Crippen molar-refractivity contribution < 1.29 is 4.79 Å². The Morgan fingerprint density at radius 1 is 1.33 bits per heavy atom. The zero-order valence-electron chi connectivity index (χ0n) is 14.6. The molecular weight excluding hydrogens is 318 g/mol. The predicted octanol–water partition coefficient (Wildman–Crippen LogP) is 3.93. The molecule has 0 saturated carbocycles. The van der Waals surface area contributed by atoms with Crippen LogP contribution in [0.2, 0.25) is 0 Å². The largest absolute Gasteiger partial charge is 0.371 e. The smallest absolute Gasteiger partial charge is 0.271 e. The normalized spacial score (nSPS) is 17.8. The van der Waals surface area contributed by atoms with Gasteiger partial charge in [-0.2, -0.15) is 0 Å². The van der Waals surface area contributed by atoms with Crippen LogP contribution >= 0.6 is 11.3 Å². The minimum Gasteiger partial charge on any atom is -0.371 e. The second-order valence-electron chi connectivity index (χ2n) is 6.68. The number of hydrogen-bond acceptors (Lipinski definition) is 4. The lowest BCUT2D eigenvalue weighted by atomic mass is 9.99. The molecule has 0 bridgehead atoms. The summed E-state index contributed by atoms with van der Waals surface area (Å²) < 4.78 is 0. The Labute approximate surface area is 147 Å².